The standard InChI is InChI=1S/C23H31F4NO.C16H19NO2S.C7H10O/c1-5-11-22(12-9-15(3)6-2)13-10-16(4)20(28-21(22)29)17-7-8-19(24)18(14-17)23(25,26)27;1-11-10-14(17(8-9-18)13(3)19)5-6-15(11)16-7-4-12(2)20-16;1-6(8)5-7-3-2-4-7/h7-8,14-15H,5-6,9-13H2,1-4H3,(H,28,29);4-7,10,18H,8-9H2,1-3H3;5H,2-4H2,1H3. The van der Waals surface area contributed by atoms with Gasteiger partial charge in [-0.2, -0.15) is 13.2 Å². The van der Waals surface area contributed by atoms with E-state index in [0.29, 0.717) is 31.0 Å². The Morgan fingerprint density at radius 1 is 1.00 bits per heavy atom. The van der Waals surface area contributed by atoms with Crippen molar-refractivity contribution >= 4 is 40.3 Å². The van der Waals surface area contributed by atoms with Crippen molar-refractivity contribution in [2.24, 2.45) is 11.3 Å². The fourth-order valence-electron chi connectivity index (χ4n) is 7.09. The number of amides is 2. The summed E-state index contributed by atoms with van der Waals surface area (Å²) in [5.41, 5.74) is 4.05. The zero-order valence-corrected chi connectivity index (χ0v) is 35.6. The smallest absolute Gasteiger partial charge is 0.395 e. The second kappa shape index (κ2) is 21.6. The predicted octanol–water partition coefficient (Wildman–Crippen LogP) is 12.2. The zero-order valence-electron chi connectivity index (χ0n) is 34.8. The molecule has 57 heavy (non-hydrogen) atoms. The number of aryl methyl sites for hydroxylation is 2. The number of carbonyl (C=O) groups is 3. The minimum absolute atomic E-state index is 0.0372. The summed E-state index contributed by atoms with van der Waals surface area (Å²) in [6, 6.07) is 13.1. The fraction of sp³-hybridized carbons (Fsp3) is 0.500. The van der Waals surface area contributed by atoms with Crippen LogP contribution < -0.4 is 10.2 Å². The van der Waals surface area contributed by atoms with Gasteiger partial charge in [-0.3, -0.25) is 14.4 Å². The minimum Gasteiger partial charge on any atom is -0.395 e. The molecular formula is C46H60F4N2O4S. The summed E-state index contributed by atoms with van der Waals surface area (Å²) < 4.78 is 53.1. The van der Waals surface area contributed by atoms with E-state index in [9.17, 15) is 31.9 Å². The summed E-state index contributed by atoms with van der Waals surface area (Å²) in [5.74, 6) is -0.793. The molecule has 6 nitrogen and oxygen atoms in total. The lowest BCUT2D eigenvalue weighted by Gasteiger charge is -2.32. The number of aliphatic hydroxyl groups is 1. The van der Waals surface area contributed by atoms with Crippen LogP contribution in [-0.2, 0) is 20.6 Å². The van der Waals surface area contributed by atoms with Crippen LogP contribution in [0.5, 0.6) is 0 Å². The number of thiophene rings is 1. The molecule has 2 aliphatic rings. The van der Waals surface area contributed by atoms with Crippen LogP contribution in [0.1, 0.15) is 127 Å². The molecule has 1 aromatic heterocycles. The lowest BCUT2D eigenvalue weighted by atomic mass is 9.73. The molecule has 0 bridgehead atoms. The molecule has 0 radical (unpaired) electrons. The number of nitrogens with zero attached hydrogens (tertiary/aromatic N) is 1. The number of carbonyl (C=O) groups excluding carboxylic acids is 3. The topological polar surface area (TPSA) is 86.7 Å². The van der Waals surface area contributed by atoms with Crippen LogP contribution in [-0.4, -0.2) is 35.9 Å². The first-order valence-corrected chi connectivity index (χ1v) is 20.8. The molecule has 3 aromatic rings. The third kappa shape index (κ3) is 13.5. The van der Waals surface area contributed by atoms with E-state index in [0.717, 1.165) is 73.9 Å². The van der Waals surface area contributed by atoms with Crippen molar-refractivity contribution in [3.63, 3.8) is 0 Å². The number of hydrogen-bond acceptors (Lipinski definition) is 5. The van der Waals surface area contributed by atoms with Crippen LogP contribution in [0.25, 0.3) is 16.1 Å². The highest BCUT2D eigenvalue weighted by atomic mass is 32.1. The number of ketones is 1. The molecule has 2 aromatic carbocycles. The Kier molecular flexibility index (Phi) is 17.9. The summed E-state index contributed by atoms with van der Waals surface area (Å²) in [5, 5.41) is 12.0. The summed E-state index contributed by atoms with van der Waals surface area (Å²) in [6.45, 7) is 15.7. The lowest BCUT2D eigenvalue weighted by molar-refractivity contribution is -0.140. The molecule has 11 heteroatoms. The van der Waals surface area contributed by atoms with Crippen molar-refractivity contribution in [1.29, 1.82) is 0 Å². The van der Waals surface area contributed by atoms with Gasteiger partial charge in [-0.05, 0) is 156 Å². The summed E-state index contributed by atoms with van der Waals surface area (Å²) >= 11 is 1.77. The van der Waals surface area contributed by atoms with Crippen molar-refractivity contribution in [1.82, 2.24) is 5.32 Å². The van der Waals surface area contributed by atoms with Gasteiger partial charge in [0.1, 0.15) is 5.82 Å². The number of anilines is 1. The molecule has 0 spiro atoms. The van der Waals surface area contributed by atoms with Gasteiger partial charge in [0.05, 0.1) is 12.2 Å². The first-order valence-electron chi connectivity index (χ1n) is 20.0. The Bertz CT molecular complexity index is 1910. The van der Waals surface area contributed by atoms with Crippen molar-refractivity contribution in [3.05, 3.63) is 93.1 Å². The van der Waals surface area contributed by atoms with E-state index in [1.807, 2.05) is 39.0 Å². The molecule has 1 aliphatic heterocycles. The molecule has 2 N–H and O–H groups in total. The predicted molar refractivity (Wildman–Crippen MR) is 224 cm³/mol. The van der Waals surface area contributed by atoms with E-state index in [4.69, 9.17) is 5.11 Å². The number of nitrogens with one attached hydrogen (secondary N) is 1. The average Bonchev–Trinajstić information content (AvgIpc) is 3.52. The quantitative estimate of drug-likeness (QED) is 0.141. The van der Waals surface area contributed by atoms with Gasteiger partial charge in [-0.15, -0.1) is 11.3 Å². The SMILES string of the molecule is CC(=O)C=C1CCC1.CC(=O)N(CCO)c1ccc(-c2ccc(C)s2)c(C)c1.CCCC1(CCC(C)CC)CCC(C)=C(c2ccc(F)c(C(F)(F)F)c2)NC1=O. The summed E-state index contributed by atoms with van der Waals surface area (Å²) in [7, 11) is 0. The van der Waals surface area contributed by atoms with Crippen molar-refractivity contribution in [2.45, 2.75) is 126 Å². The highest BCUT2D eigenvalue weighted by Gasteiger charge is 2.40. The fourth-order valence-corrected chi connectivity index (χ4v) is 8.05. The molecule has 1 aliphatic carbocycles. The Labute approximate surface area is 340 Å². The molecule has 0 saturated heterocycles. The van der Waals surface area contributed by atoms with Crippen molar-refractivity contribution < 1.29 is 37.1 Å². The van der Waals surface area contributed by atoms with Gasteiger partial charge in [0.2, 0.25) is 11.8 Å². The van der Waals surface area contributed by atoms with Crippen LogP contribution in [0.2, 0.25) is 0 Å². The number of benzene rings is 2. The maximum Gasteiger partial charge on any atom is 0.419 e. The van der Waals surface area contributed by atoms with Gasteiger partial charge in [0.15, 0.2) is 5.78 Å². The molecule has 1 saturated carbocycles. The van der Waals surface area contributed by atoms with Gasteiger partial charge < -0.3 is 15.3 Å². The molecule has 312 valence electrons. The van der Waals surface area contributed by atoms with Gasteiger partial charge in [0.25, 0.3) is 0 Å². The first-order chi connectivity index (χ1) is 26.8. The molecular weight excluding hydrogens is 753 g/mol. The highest BCUT2D eigenvalue weighted by molar-refractivity contribution is 7.15. The number of rotatable bonds is 12. The average molecular weight is 813 g/mol. The Morgan fingerprint density at radius 3 is 2.19 bits per heavy atom. The molecule has 1 fully saturated rings. The number of halogens is 4. The molecule has 2 unspecified atom stereocenters. The second-order valence-electron chi connectivity index (χ2n) is 15.5. The number of hydrogen-bond donors (Lipinski definition) is 2. The maximum atomic E-state index is 13.7. The van der Waals surface area contributed by atoms with E-state index in [1.165, 1.54) is 40.3 Å². The van der Waals surface area contributed by atoms with E-state index >= 15 is 0 Å². The van der Waals surface area contributed by atoms with E-state index in [-0.39, 0.29) is 29.8 Å². The lowest BCUT2D eigenvalue weighted by Crippen LogP contribution is -2.39. The van der Waals surface area contributed by atoms with Crippen LogP contribution in [0.15, 0.2) is 65.8 Å². The monoisotopic (exact) mass is 812 g/mol. The van der Waals surface area contributed by atoms with Crippen LogP contribution in [0.4, 0.5) is 23.2 Å². The number of aliphatic hydroxyl groups excluding tert-OH is 1. The van der Waals surface area contributed by atoms with Crippen LogP contribution >= 0.6 is 11.3 Å². The van der Waals surface area contributed by atoms with Gasteiger partial charge in [0, 0.05) is 40.0 Å². The summed E-state index contributed by atoms with van der Waals surface area (Å²) in [6.07, 6.45) is 6.19. The van der Waals surface area contributed by atoms with E-state index in [1.54, 1.807) is 29.2 Å². The third-order valence-electron chi connectivity index (χ3n) is 10.9. The van der Waals surface area contributed by atoms with E-state index < -0.39 is 23.0 Å². The number of allylic oxidation sites excluding steroid dienone is 3. The first kappa shape index (κ1) is 47.3. The van der Waals surface area contributed by atoms with Gasteiger partial charge in [-0.25, -0.2) is 4.39 Å². The second-order valence-corrected chi connectivity index (χ2v) is 16.7. The van der Waals surface area contributed by atoms with Gasteiger partial charge in [-0.1, -0.05) is 45.3 Å². The normalized spacial score (nSPS) is 17.2. The Balaban J connectivity index is 0.000000266. The summed E-state index contributed by atoms with van der Waals surface area (Å²) in [4.78, 5) is 39.4. The van der Waals surface area contributed by atoms with E-state index in [2.05, 4.69) is 38.2 Å². The molecule has 2 atom stereocenters. The number of alkyl halides is 3. The van der Waals surface area contributed by atoms with Crippen molar-refractivity contribution in [2.75, 3.05) is 18.1 Å². The highest BCUT2D eigenvalue weighted by Crippen LogP contribution is 2.42. The Morgan fingerprint density at radius 2 is 1.70 bits per heavy atom. The minimum atomic E-state index is -4.79. The molecule has 5 rings (SSSR count). The van der Waals surface area contributed by atoms with Crippen LogP contribution in [0, 0.1) is 31.0 Å². The third-order valence-corrected chi connectivity index (χ3v) is 11.9. The van der Waals surface area contributed by atoms with Crippen molar-refractivity contribution in [3.8, 4) is 10.4 Å². The Hall–Kier alpha value is -4.09. The molecule has 2 amide bonds. The molecule has 2 heterocycles. The largest absolute Gasteiger partial charge is 0.419 e. The van der Waals surface area contributed by atoms with Crippen LogP contribution in [0.3, 0.4) is 0 Å². The zero-order chi connectivity index (χ0) is 42.5. The van der Waals surface area contributed by atoms with Gasteiger partial charge >= 0.3 is 6.18 Å². The maximum absolute atomic E-state index is 13.7.